The maximum Gasteiger partial charge on any atom is 0.674 e. The Morgan fingerprint density at radius 1 is 0.769 bits per heavy atom. The van der Waals surface area contributed by atoms with E-state index in [9.17, 15) is 9.59 Å². The zero-order valence-electron chi connectivity index (χ0n) is 9.21. The van der Waals surface area contributed by atoms with Gasteiger partial charge >= 0.3 is 9.05 Å². The highest BCUT2D eigenvalue weighted by atomic mass is 28.4. The molecule has 0 atom stereocenters. The van der Waals surface area contributed by atoms with Gasteiger partial charge in [-0.2, -0.15) is 0 Å². The largest absolute Gasteiger partial charge is 0.674 e. The molecule has 0 amide bonds. The summed E-state index contributed by atoms with van der Waals surface area (Å²) in [5.74, 6) is 0. The lowest BCUT2D eigenvalue weighted by Gasteiger charge is -2.31. The van der Waals surface area contributed by atoms with Gasteiger partial charge in [-0.1, -0.05) is 0 Å². The summed E-state index contributed by atoms with van der Waals surface area (Å²) in [5, 5.41) is 0. The van der Waals surface area contributed by atoms with E-state index in [0.717, 1.165) is 0 Å². The third-order valence-electron chi connectivity index (χ3n) is 0.878. The van der Waals surface area contributed by atoms with Crippen molar-refractivity contribution in [2.45, 2.75) is 52.7 Å². The van der Waals surface area contributed by atoms with Crippen LogP contribution in [0.5, 0.6) is 0 Å². The molecule has 0 aliphatic carbocycles. The van der Waals surface area contributed by atoms with Crippen LogP contribution < -0.4 is 0 Å². The minimum absolute atomic E-state index is 0.610. The first-order chi connectivity index (χ1) is 5.41. The number of hydrogen-bond acceptors (Lipinski definition) is 4. The van der Waals surface area contributed by atoms with Crippen LogP contribution in [-0.4, -0.2) is 29.8 Å². The van der Waals surface area contributed by atoms with E-state index in [2.05, 4.69) is 0 Å². The highest BCUT2D eigenvalue weighted by Crippen LogP contribution is 2.19. The molecule has 4 nitrogen and oxygen atoms in total. The Kier molecular flexibility index (Phi) is 3.68. The van der Waals surface area contributed by atoms with E-state index < -0.39 is 20.3 Å². The predicted octanol–water partition coefficient (Wildman–Crippen LogP) is 1.04. The molecule has 0 aliphatic rings. The molecular weight excluding hydrogens is 188 g/mol. The topological polar surface area (TPSA) is 58.9 Å². The predicted molar refractivity (Wildman–Crippen MR) is 51.9 cm³/mol. The average Bonchev–Trinajstić information content (AvgIpc) is 1.43. The molecule has 2 N–H and O–H groups in total. The Morgan fingerprint density at radius 3 is 1.15 bits per heavy atom. The number of hydrogen-bond donors (Lipinski definition) is 2. The van der Waals surface area contributed by atoms with Gasteiger partial charge in [-0.15, -0.1) is 0 Å². The standard InChI is InChI=1S/C8H20O4Si/c1-7(2,3)11-13(9,10)12-8(4,5)6/h9-10H,1-6H3. The molecular formula is C8H20O4Si. The first kappa shape index (κ1) is 13.1. The Hall–Kier alpha value is 0.0569. The van der Waals surface area contributed by atoms with E-state index in [1.54, 1.807) is 41.5 Å². The third-order valence-corrected chi connectivity index (χ3v) is 2.63. The summed E-state index contributed by atoms with van der Waals surface area (Å²) in [6.45, 7) is 10.5. The van der Waals surface area contributed by atoms with Crippen LogP contribution in [0, 0.1) is 0 Å². The molecule has 5 heteroatoms. The van der Waals surface area contributed by atoms with Gasteiger partial charge in [0.2, 0.25) is 0 Å². The maximum atomic E-state index is 9.44. The zero-order valence-corrected chi connectivity index (χ0v) is 10.2. The van der Waals surface area contributed by atoms with Gasteiger partial charge in [0, 0.05) is 0 Å². The van der Waals surface area contributed by atoms with Gasteiger partial charge in [-0.3, -0.25) is 0 Å². The molecule has 0 aromatic rings. The van der Waals surface area contributed by atoms with Crippen molar-refractivity contribution in [1.29, 1.82) is 0 Å². The highest BCUT2D eigenvalue weighted by molar-refractivity contribution is 6.50. The fraction of sp³-hybridized carbons (Fsp3) is 1.00. The smallest absolute Gasteiger partial charge is 0.367 e. The molecule has 0 aromatic heterocycles. The van der Waals surface area contributed by atoms with Crippen LogP contribution in [0.1, 0.15) is 41.5 Å². The van der Waals surface area contributed by atoms with Crippen molar-refractivity contribution in [3.63, 3.8) is 0 Å². The second kappa shape index (κ2) is 3.66. The molecule has 0 fully saturated rings. The molecule has 0 spiro atoms. The van der Waals surface area contributed by atoms with Crippen molar-refractivity contribution in [2.75, 3.05) is 0 Å². The Balaban J connectivity index is 4.25. The Bertz CT molecular complexity index is 148. The van der Waals surface area contributed by atoms with Crippen molar-refractivity contribution in [1.82, 2.24) is 0 Å². The lowest BCUT2D eigenvalue weighted by Crippen LogP contribution is -2.52. The maximum absolute atomic E-state index is 9.44. The van der Waals surface area contributed by atoms with E-state index in [4.69, 9.17) is 8.85 Å². The molecule has 0 aromatic carbocycles. The molecule has 0 saturated heterocycles. The fourth-order valence-electron chi connectivity index (χ4n) is 0.819. The lowest BCUT2D eigenvalue weighted by atomic mass is 10.2. The zero-order chi connectivity index (χ0) is 10.9. The quantitative estimate of drug-likeness (QED) is 0.666. The monoisotopic (exact) mass is 208 g/mol. The van der Waals surface area contributed by atoms with Gasteiger partial charge in [0.15, 0.2) is 0 Å². The molecule has 80 valence electrons. The van der Waals surface area contributed by atoms with Crippen LogP contribution in [0.2, 0.25) is 0 Å². The van der Waals surface area contributed by atoms with E-state index in [1.807, 2.05) is 0 Å². The summed E-state index contributed by atoms with van der Waals surface area (Å²) in [6.07, 6.45) is 0. The summed E-state index contributed by atoms with van der Waals surface area (Å²) in [7, 11) is -3.97. The summed E-state index contributed by atoms with van der Waals surface area (Å²) in [5.41, 5.74) is -1.22. The SMILES string of the molecule is CC(C)(C)O[Si](O)(O)OC(C)(C)C. The van der Waals surface area contributed by atoms with Gasteiger partial charge in [0.1, 0.15) is 0 Å². The summed E-state index contributed by atoms with van der Waals surface area (Å²) < 4.78 is 10.1. The van der Waals surface area contributed by atoms with Crippen LogP contribution in [0.3, 0.4) is 0 Å². The van der Waals surface area contributed by atoms with Crippen molar-refractivity contribution in [2.24, 2.45) is 0 Å². The second-order valence-corrected chi connectivity index (χ2v) is 6.48. The molecule has 0 saturated carbocycles. The molecule has 0 heterocycles. The van der Waals surface area contributed by atoms with E-state index >= 15 is 0 Å². The Morgan fingerprint density at radius 2 is 1.00 bits per heavy atom. The Labute approximate surface area is 81.0 Å². The van der Waals surface area contributed by atoms with Crippen LogP contribution >= 0.6 is 0 Å². The molecule has 0 radical (unpaired) electrons. The van der Waals surface area contributed by atoms with Gasteiger partial charge < -0.3 is 18.4 Å². The first-order valence-corrected chi connectivity index (χ1v) is 5.97. The van der Waals surface area contributed by atoms with Crippen LogP contribution in [0.15, 0.2) is 0 Å². The molecule has 0 rings (SSSR count). The van der Waals surface area contributed by atoms with Gasteiger partial charge in [-0.25, -0.2) is 0 Å². The van der Waals surface area contributed by atoms with E-state index in [1.165, 1.54) is 0 Å². The van der Waals surface area contributed by atoms with E-state index in [-0.39, 0.29) is 0 Å². The van der Waals surface area contributed by atoms with Crippen LogP contribution in [0.25, 0.3) is 0 Å². The summed E-state index contributed by atoms with van der Waals surface area (Å²) in [6, 6.07) is 0. The van der Waals surface area contributed by atoms with E-state index in [0.29, 0.717) is 0 Å². The molecule has 13 heavy (non-hydrogen) atoms. The third kappa shape index (κ3) is 8.39. The summed E-state index contributed by atoms with van der Waals surface area (Å²) in [4.78, 5) is 18.9. The van der Waals surface area contributed by atoms with Crippen molar-refractivity contribution >= 4 is 9.05 Å². The second-order valence-electron chi connectivity index (χ2n) is 4.98. The van der Waals surface area contributed by atoms with Gasteiger partial charge in [0.25, 0.3) is 0 Å². The molecule has 0 unspecified atom stereocenters. The first-order valence-electron chi connectivity index (χ1n) is 4.26. The summed E-state index contributed by atoms with van der Waals surface area (Å²) >= 11 is 0. The van der Waals surface area contributed by atoms with Crippen molar-refractivity contribution in [3.05, 3.63) is 0 Å². The minimum atomic E-state index is -3.97. The van der Waals surface area contributed by atoms with Crippen LogP contribution in [-0.2, 0) is 8.85 Å². The number of rotatable bonds is 2. The minimum Gasteiger partial charge on any atom is -0.367 e. The van der Waals surface area contributed by atoms with Crippen LogP contribution in [0.4, 0.5) is 0 Å². The van der Waals surface area contributed by atoms with Crippen molar-refractivity contribution in [3.8, 4) is 0 Å². The average molecular weight is 208 g/mol. The van der Waals surface area contributed by atoms with Gasteiger partial charge in [0.05, 0.1) is 11.2 Å². The molecule has 0 aliphatic heterocycles. The fourth-order valence-corrected chi connectivity index (χ4v) is 2.46. The normalized spacial score (nSPS) is 14.8. The van der Waals surface area contributed by atoms with Crippen molar-refractivity contribution < 1.29 is 18.4 Å². The van der Waals surface area contributed by atoms with Gasteiger partial charge in [-0.05, 0) is 41.5 Å². The molecule has 0 bridgehead atoms. The highest BCUT2D eigenvalue weighted by Gasteiger charge is 2.44. The lowest BCUT2D eigenvalue weighted by molar-refractivity contribution is -0.0740.